The van der Waals surface area contributed by atoms with E-state index in [9.17, 15) is 9.18 Å². The Morgan fingerprint density at radius 1 is 1.27 bits per heavy atom. The number of alkyl halides is 1. The van der Waals surface area contributed by atoms with E-state index in [2.05, 4.69) is 4.98 Å². The van der Waals surface area contributed by atoms with Crippen LogP contribution in [0.15, 0.2) is 41.2 Å². The maximum absolute atomic E-state index is 13.4. The summed E-state index contributed by atoms with van der Waals surface area (Å²) in [5, 5.41) is 0.903. The molecule has 0 aliphatic carbocycles. The highest BCUT2D eigenvalue weighted by atomic mass is 35.5. The highest BCUT2D eigenvalue weighted by Crippen LogP contribution is 2.21. The van der Waals surface area contributed by atoms with E-state index in [1.807, 2.05) is 0 Å². The second-order valence-electron chi connectivity index (χ2n) is 5.01. The molecule has 6 heteroatoms. The molecule has 3 rings (SSSR count). The maximum atomic E-state index is 13.4. The maximum Gasteiger partial charge on any atom is 0.266 e. The van der Waals surface area contributed by atoms with E-state index in [0.717, 1.165) is 5.56 Å². The lowest BCUT2D eigenvalue weighted by Crippen LogP contribution is -2.24. The number of nitrogens with zero attached hydrogens (tertiary/aromatic N) is 2. The molecule has 0 saturated heterocycles. The summed E-state index contributed by atoms with van der Waals surface area (Å²) in [5.41, 5.74) is 7.58. The molecule has 0 amide bonds. The summed E-state index contributed by atoms with van der Waals surface area (Å²) >= 11 is 5.94. The largest absolute Gasteiger partial charge is 0.399 e. The van der Waals surface area contributed by atoms with Gasteiger partial charge >= 0.3 is 0 Å². The Morgan fingerprint density at radius 2 is 2.05 bits per heavy atom. The van der Waals surface area contributed by atoms with Crippen LogP contribution in [0.3, 0.4) is 0 Å². The molecule has 0 aliphatic rings. The number of fused-ring (bicyclic) bond motifs is 1. The van der Waals surface area contributed by atoms with Crippen LogP contribution >= 0.6 is 11.6 Å². The molecule has 0 unspecified atom stereocenters. The Balaban J connectivity index is 2.41. The number of nitrogen functional groups attached to an aromatic ring is 1. The predicted molar refractivity (Wildman–Crippen MR) is 86.3 cm³/mol. The Bertz CT molecular complexity index is 937. The number of hydrogen-bond donors (Lipinski definition) is 1. The number of nitrogens with two attached hydrogens (primary N) is 1. The van der Waals surface area contributed by atoms with E-state index in [-0.39, 0.29) is 11.4 Å². The Morgan fingerprint density at radius 3 is 2.73 bits per heavy atom. The molecule has 0 fully saturated rings. The van der Waals surface area contributed by atoms with Crippen LogP contribution in [0.5, 0.6) is 0 Å². The molecule has 1 aromatic heterocycles. The molecule has 0 bridgehead atoms. The molecule has 0 atom stereocenters. The number of aryl methyl sites for hydroxylation is 1. The van der Waals surface area contributed by atoms with Gasteiger partial charge in [-0.15, -0.1) is 0 Å². The molecule has 0 saturated carbocycles. The zero-order chi connectivity index (χ0) is 15.9. The van der Waals surface area contributed by atoms with Gasteiger partial charge in [0.25, 0.3) is 5.56 Å². The Kier molecular flexibility index (Phi) is 3.58. The summed E-state index contributed by atoms with van der Waals surface area (Å²) in [6.45, 7) is 0.955. The Labute approximate surface area is 131 Å². The van der Waals surface area contributed by atoms with Gasteiger partial charge in [0.2, 0.25) is 0 Å². The smallest absolute Gasteiger partial charge is 0.266 e. The van der Waals surface area contributed by atoms with Gasteiger partial charge in [0, 0.05) is 10.7 Å². The average molecular weight is 318 g/mol. The van der Waals surface area contributed by atoms with Crippen LogP contribution in [-0.2, 0) is 6.67 Å². The van der Waals surface area contributed by atoms with E-state index in [1.165, 1.54) is 4.57 Å². The molecule has 0 spiro atoms. The van der Waals surface area contributed by atoms with Crippen molar-refractivity contribution >= 4 is 28.2 Å². The molecule has 112 valence electrons. The standard InChI is InChI=1S/C16H13ClFN3O/c1-9-6-10(17)2-5-14(9)21-15(8-18)20-13-4-3-11(19)7-12(13)16(21)22/h2-7H,8,19H2,1H3. The quantitative estimate of drug-likeness (QED) is 0.737. The molecule has 4 nitrogen and oxygen atoms in total. The van der Waals surface area contributed by atoms with Crippen LogP contribution in [0.2, 0.25) is 5.02 Å². The fourth-order valence-electron chi connectivity index (χ4n) is 2.46. The lowest BCUT2D eigenvalue weighted by molar-refractivity contribution is 0.457. The third-order valence-corrected chi connectivity index (χ3v) is 3.72. The van der Waals surface area contributed by atoms with Crippen molar-refractivity contribution in [3.63, 3.8) is 0 Å². The van der Waals surface area contributed by atoms with Crippen molar-refractivity contribution < 1.29 is 4.39 Å². The minimum Gasteiger partial charge on any atom is -0.399 e. The summed E-state index contributed by atoms with van der Waals surface area (Å²) in [5.74, 6) is 0.0488. The van der Waals surface area contributed by atoms with Crippen LogP contribution in [0.4, 0.5) is 10.1 Å². The van der Waals surface area contributed by atoms with Crippen LogP contribution < -0.4 is 11.3 Å². The summed E-state index contributed by atoms with van der Waals surface area (Å²) in [4.78, 5) is 17.0. The molecular formula is C16H13ClFN3O. The first-order chi connectivity index (χ1) is 10.5. The van der Waals surface area contributed by atoms with E-state index < -0.39 is 6.67 Å². The van der Waals surface area contributed by atoms with Crippen molar-refractivity contribution in [1.29, 1.82) is 0 Å². The van der Waals surface area contributed by atoms with Gasteiger partial charge in [0.15, 0.2) is 0 Å². The molecular weight excluding hydrogens is 305 g/mol. The third-order valence-electron chi connectivity index (χ3n) is 3.48. The number of anilines is 1. The summed E-state index contributed by atoms with van der Waals surface area (Å²) in [7, 11) is 0. The fraction of sp³-hybridized carbons (Fsp3) is 0.125. The van der Waals surface area contributed by atoms with Gasteiger partial charge < -0.3 is 5.73 Å². The van der Waals surface area contributed by atoms with Gasteiger partial charge in [-0.05, 0) is 48.9 Å². The van der Waals surface area contributed by atoms with E-state index in [1.54, 1.807) is 43.3 Å². The second-order valence-corrected chi connectivity index (χ2v) is 5.45. The van der Waals surface area contributed by atoms with Crippen molar-refractivity contribution in [2.75, 3.05) is 5.73 Å². The van der Waals surface area contributed by atoms with Gasteiger partial charge in [0.05, 0.1) is 16.6 Å². The molecule has 0 radical (unpaired) electrons. The summed E-state index contributed by atoms with van der Waals surface area (Å²) in [6, 6.07) is 9.85. The normalized spacial score (nSPS) is 11.0. The van der Waals surface area contributed by atoms with Crippen molar-refractivity contribution in [2.24, 2.45) is 0 Å². The van der Waals surface area contributed by atoms with Crippen LogP contribution in [0.1, 0.15) is 11.4 Å². The highest BCUT2D eigenvalue weighted by molar-refractivity contribution is 6.30. The molecule has 3 aromatic rings. The summed E-state index contributed by atoms with van der Waals surface area (Å²) in [6.07, 6.45) is 0. The molecule has 2 N–H and O–H groups in total. The minimum absolute atomic E-state index is 0.0488. The van der Waals surface area contributed by atoms with E-state index in [4.69, 9.17) is 17.3 Å². The zero-order valence-electron chi connectivity index (χ0n) is 11.8. The van der Waals surface area contributed by atoms with Crippen LogP contribution in [-0.4, -0.2) is 9.55 Å². The van der Waals surface area contributed by atoms with Crippen molar-refractivity contribution in [3.8, 4) is 5.69 Å². The average Bonchev–Trinajstić information content (AvgIpc) is 2.49. The number of halogens is 2. The van der Waals surface area contributed by atoms with Crippen molar-refractivity contribution in [3.05, 3.63) is 63.2 Å². The minimum atomic E-state index is -0.850. The van der Waals surface area contributed by atoms with E-state index in [0.29, 0.717) is 27.3 Å². The third kappa shape index (κ3) is 2.33. The van der Waals surface area contributed by atoms with Crippen LogP contribution in [0.25, 0.3) is 16.6 Å². The first kappa shape index (κ1) is 14.5. The molecule has 1 heterocycles. The molecule has 0 aliphatic heterocycles. The predicted octanol–water partition coefficient (Wildman–Crippen LogP) is 3.40. The van der Waals surface area contributed by atoms with E-state index >= 15 is 0 Å². The highest BCUT2D eigenvalue weighted by Gasteiger charge is 2.14. The SMILES string of the molecule is Cc1cc(Cl)ccc1-n1c(CF)nc2ccc(N)cc2c1=O. The Hall–Kier alpha value is -2.40. The first-order valence-corrected chi connectivity index (χ1v) is 7.02. The van der Waals surface area contributed by atoms with Crippen molar-refractivity contribution in [1.82, 2.24) is 9.55 Å². The van der Waals surface area contributed by atoms with Gasteiger partial charge in [-0.3, -0.25) is 9.36 Å². The van der Waals surface area contributed by atoms with Gasteiger partial charge in [-0.25, -0.2) is 9.37 Å². The zero-order valence-corrected chi connectivity index (χ0v) is 12.6. The molecule has 22 heavy (non-hydrogen) atoms. The number of benzene rings is 2. The van der Waals surface area contributed by atoms with Crippen molar-refractivity contribution in [2.45, 2.75) is 13.6 Å². The van der Waals surface area contributed by atoms with Crippen LogP contribution in [0, 0.1) is 6.92 Å². The monoisotopic (exact) mass is 317 g/mol. The lowest BCUT2D eigenvalue weighted by atomic mass is 10.1. The topological polar surface area (TPSA) is 60.9 Å². The number of rotatable bonds is 2. The van der Waals surface area contributed by atoms with Gasteiger partial charge in [0.1, 0.15) is 12.5 Å². The fourth-order valence-corrected chi connectivity index (χ4v) is 2.68. The van der Waals surface area contributed by atoms with Gasteiger partial charge in [-0.1, -0.05) is 11.6 Å². The number of hydrogen-bond acceptors (Lipinski definition) is 3. The number of aromatic nitrogens is 2. The lowest BCUT2D eigenvalue weighted by Gasteiger charge is -2.14. The molecule has 2 aromatic carbocycles. The first-order valence-electron chi connectivity index (χ1n) is 6.65. The second kappa shape index (κ2) is 5.42. The van der Waals surface area contributed by atoms with Gasteiger partial charge in [-0.2, -0.15) is 0 Å². The summed E-state index contributed by atoms with van der Waals surface area (Å²) < 4.78 is 14.7.